The Morgan fingerprint density at radius 2 is 2.15 bits per heavy atom. The highest BCUT2D eigenvalue weighted by Gasteiger charge is 2.25. The van der Waals surface area contributed by atoms with E-state index in [4.69, 9.17) is 23.2 Å². The van der Waals surface area contributed by atoms with Gasteiger partial charge in [0.25, 0.3) is 0 Å². The molecule has 7 nitrogen and oxygen atoms in total. The summed E-state index contributed by atoms with van der Waals surface area (Å²) in [6.45, 7) is 1.55. The molecule has 0 saturated heterocycles. The van der Waals surface area contributed by atoms with Crippen LogP contribution in [-0.2, 0) is 0 Å². The molecule has 20 heavy (non-hydrogen) atoms. The molecule has 0 aliphatic rings. The van der Waals surface area contributed by atoms with Gasteiger partial charge in [0, 0.05) is 15.7 Å². The molecular formula is C11H8Cl2N4O3. The van der Waals surface area contributed by atoms with Crippen LogP contribution in [0.2, 0.25) is 10.0 Å². The summed E-state index contributed by atoms with van der Waals surface area (Å²) < 4.78 is 1.12. The molecule has 104 valence electrons. The van der Waals surface area contributed by atoms with Gasteiger partial charge in [-0.2, -0.15) is 4.68 Å². The smallest absolute Gasteiger partial charge is 0.390 e. The zero-order valence-electron chi connectivity index (χ0n) is 10.2. The summed E-state index contributed by atoms with van der Waals surface area (Å²) in [5.41, 5.74) is 0.265. The molecule has 1 heterocycles. The maximum atomic E-state index is 12.3. The summed E-state index contributed by atoms with van der Waals surface area (Å²) in [5.74, 6) is -0.904. The number of Topliss-reactive ketones (excluding diaryl/α,β-unsaturated/α-hetero) is 1. The van der Waals surface area contributed by atoms with Crippen molar-refractivity contribution in [2.24, 2.45) is 0 Å². The maximum Gasteiger partial charge on any atom is 0.490 e. The fourth-order valence-corrected chi connectivity index (χ4v) is 2.07. The van der Waals surface area contributed by atoms with Crippen LogP contribution < -0.4 is 0 Å². The van der Waals surface area contributed by atoms with Crippen molar-refractivity contribution in [1.29, 1.82) is 0 Å². The van der Waals surface area contributed by atoms with E-state index in [1.807, 2.05) is 0 Å². The minimum atomic E-state index is -0.769. The Morgan fingerprint density at radius 1 is 1.45 bits per heavy atom. The van der Waals surface area contributed by atoms with E-state index in [2.05, 4.69) is 10.1 Å². The number of hydrogen-bond donors (Lipinski definition) is 0. The van der Waals surface area contributed by atoms with Gasteiger partial charge in [-0.15, -0.1) is 0 Å². The third-order valence-electron chi connectivity index (χ3n) is 2.63. The van der Waals surface area contributed by atoms with Crippen molar-refractivity contribution in [1.82, 2.24) is 14.8 Å². The molecule has 9 heteroatoms. The van der Waals surface area contributed by atoms with Crippen molar-refractivity contribution >= 4 is 34.9 Å². The van der Waals surface area contributed by atoms with Gasteiger partial charge in [0.15, 0.2) is 5.78 Å². The zero-order valence-corrected chi connectivity index (χ0v) is 11.7. The Bertz CT molecular complexity index is 686. The van der Waals surface area contributed by atoms with E-state index in [0.717, 1.165) is 11.0 Å². The second-order valence-electron chi connectivity index (χ2n) is 3.95. The first-order chi connectivity index (χ1) is 9.40. The van der Waals surface area contributed by atoms with Crippen LogP contribution in [0.5, 0.6) is 0 Å². The van der Waals surface area contributed by atoms with Crippen molar-refractivity contribution in [3.05, 3.63) is 50.2 Å². The minimum Gasteiger partial charge on any atom is -0.390 e. The van der Waals surface area contributed by atoms with E-state index in [-0.39, 0.29) is 16.4 Å². The first-order valence-electron chi connectivity index (χ1n) is 5.45. The number of aromatic nitrogens is 3. The van der Waals surface area contributed by atoms with E-state index in [1.165, 1.54) is 18.2 Å². The van der Waals surface area contributed by atoms with E-state index in [1.54, 1.807) is 6.92 Å². The standard InChI is InChI=1S/C11H8Cl2N4O3/c1-6(16-5-14-11(15-16)17(19)20)10(18)8-3-2-7(12)4-9(8)13/h2-6H,1H3. The molecule has 0 fully saturated rings. The van der Waals surface area contributed by atoms with Crippen LogP contribution in [0.4, 0.5) is 5.95 Å². The second kappa shape index (κ2) is 5.56. The summed E-state index contributed by atoms with van der Waals surface area (Å²) in [5, 5.41) is 14.8. The molecule has 0 aliphatic heterocycles. The van der Waals surface area contributed by atoms with Crippen molar-refractivity contribution in [2.75, 3.05) is 0 Å². The second-order valence-corrected chi connectivity index (χ2v) is 4.79. The fraction of sp³-hybridized carbons (Fsp3) is 0.182. The molecule has 0 N–H and O–H groups in total. The first-order valence-corrected chi connectivity index (χ1v) is 6.20. The molecule has 0 spiro atoms. The Labute approximate surface area is 123 Å². The van der Waals surface area contributed by atoms with Gasteiger partial charge in [-0.1, -0.05) is 28.2 Å². The van der Waals surface area contributed by atoms with E-state index < -0.39 is 16.9 Å². The molecule has 0 aliphatic carbocycles. The van der Waals surface area contributed by atoms with E-state index >= 15 is 0 Å². The van der Waals surface area contributed by atoms with Gasteiger partial charge < -0.3 is 10.1 Å². The third-order valence-corrected chi connectivity index (χ3v) is 3.18. The fourth-order valence-electron chi connectivity index (χ4n) is 1.57. The average Bonchev–Trinajstić information content (AvgIpc) is 2.87. The van der Waals surface area contributed by atoms with Crippen LogP contribution >= 0.6 is 23.2 Å². The monoisotopic (exact) mass is 314 g/mol. The summed E-state index contributed by atoms with van der Waals surface area (Å²) in [6.07, 6.45) is 1.13. The first kappa shape index (κ1) is 14.4. The number of carbonyl (C=O) groups excluding carboxylic acids is 1. The topological polar surface area (TPSA) is 90.9 Å². The van der Waals surface area contributed by atoms with Gasteiger partial charge in [0.1, 0.15) is 6.04 Å². The van der Waals surface area contributed by atoms with Crippen LogP contribution in [0.3, 0.4) is 0 Å². The molecule has 2 rings (SSSR count). The summed E-state index contributed by atoms with van der Waals surface area (Å²) in [6, 6.07) is 3.72. The SMILES string of the molecule is CC(C(=O)c1ccc(Cl)cc1Cl)n1cnc([N+](=O)[O-])n1. The minimum absolute atomic E-state index is 0.212. The molecule has 0 radical (unpaired) electrons. The predicted octanol–water partition coefficient (Wildman–Crippen LogP) is 2.94. The Balaban J connectivity index is 2.29. The molecule has 1 atom stereocenters. The lowest BCUT2D eigenvalue weighted by Gasteiger charge is -2.09. The van der Waals surface area contributed by atoms with Crippen molar-refractivity contribution < 1.29 is 9.72 Å². The largest absolute Gasteiger partial charge is 0.490 e. The maximum absolute atomic E-state index is 12.3. The number of nitro groups is 1. The highest BCUT2D eigenvalue weighted by Crippen LogP contribution is 2.24. The van der Waals surface area contributed by atoms with Crippen molar-refractivity contribution in [3.8, 4) is 0 Å². The molecule has 2 aromatic rings. The van der Waals surface area contributed by atoms with Gasteiger partial charge in [-0.25, -0.2) is 0 Å². The molecule has 0 amide bonds. The normalized spacial score (nSPS) is 12.2. The number of benzene rings is 1. The number of nitrogens with zero attached hydrogens (tertiary/aromatic N) is 4. The molecular weight excluding hydrogens is 307 g/mol. The quantitative estimate of drug-likeness (QED) is 0.491. The van der Waals surface area contributed by atoms with Crippen molar-refractivity contribution in [2.45, 2.75) is 13.0 Å². The van der Waals surface area contributed by atoms with Gasteiger partial charge in [0.05, 0.1) is 5.02 Å². The van der Waals surface area contributed by atoms with Crippen LogP contribution in [-0.4, -0.2) is 25.5 Å². The van der Waals surface area contributed by atoms with Gasteiger partial charge in [-0.05, 0) is 30.0 Å². The number of ketones is 1. The summed E-state index contributed by atoms with van der Waals surface area (Å²) in [4.78, 5) is 25.5. The molecule has 1 aromatic carbocycles. The average molecular weight is 315 g/mol. The highest BCUT2D eigenvalue weighted by atomic mass is 35.5. The number of hydrogen-bond acceptors (Lipinski definition) is 5. The lowest BCUT2D eigenvalue weighted by Crippen LogP contribution is -2.17. The molecule has 0 saturated carbocycles. The van der Waals surface area contributed by atoms with Gasteiger partial charge in [0.2, 0.25) is 6.33 Å². The van der Waals surface area contributed by atoms with Crippen LogP contribution in [0.25, 0.3) is 0 Å². The lowest BCUT2D eigenvalue weighted by atomic mass is 10.1. The zero-order chi connectivity index (χ0) is 14.9. The summed E-state index contributed by atoms with van der Waals surface area (Å²) >= 11 is 11.7. The predicted molar refractivity (Wildman–Crippen MR) is 72.2 cm³/mol. The molecule has 1 unspecified atom stereocenters. The Hall–Kier alpha value is -1.99. The van der Waals surface area contributed by atoms with Gasteiger partial charge >= 0.3 is 5.95 Å². The van der Waals surface area contributed by atoms with Crippen molar-refractivity contribution in [3.63, 3.8) is 0 Å². The van der Waals surface area contributed by atoms with E-state index in [0.29, 0.717) is 5.02 Å². The van der Waals surface area contributed by atoms with Gasteiger partial charge in [-0.3, -0.25) is 4.79 Å². The summed E-state index contributed by atoms with van der Waals surface area (Å²) in [7, 11) is 0. The van der Waals surface area contributed by atoms with Crippen LogP contribution in [0.15, 0.2) is 24.5 Å². The number of rotatable bonds is 4. The third kappa shape index (κ3) is 2.78. The van der Waals surface area contributed by atoms with Crippen LogP contribution in [0, 0.1) is 10.1 Å². The number of halogens is 2. The Morgan fingerprint density at radius 3 is 2.70 bits per heavy atom. The van der Waals surface area contributed by atoms with E-state index in [9.17, 15) is 14.9 Å². The molecule has 0 bridgehead atoms. The lowest BCUT2D eigenvalue weighted by molar-refractivity contribution is -0.394. The highest BCUT2D eigenvalue weighted by molar-refractivity contribution is 6.36. The Kier molecular flexibility index (Phi) is 4.01. The number of carbonyl (C=O) groups is 1. The van der Waals surface area contributed by atoms with Crippen LogP contribution in [0.1, 0.15) is 23.3 Å². The molecule has 1 aromatic heterocycles.